The van der Waals surface area contributed by atoms with Crippen LogP contribution in [0.25, 0.3) is 0 Å². The summed E-state index contributed by atoms with van der Waals surface area (Å²) in [7, 11) is -3.19. The number of amides is 1. The van der Waals surface area contributed by atoms with E-state index in [4.69, 9.17) is 0 Å². The van der Waals surface area contributed by atoms with Gasteiger partial charge >= 0.3 is 5.97 Å². The van der Waals surface area contributed by atoms with Gasteiger partial charge in [0.05, 0.1) is 17.9 Å². The summed E-state index contributed by atoms with van der Waals surface area (Å²) in [6, 6.07) is 3.92. The fraction of sp³-hybridized carbons (Fsp3) is 0.571. The Hall–Kier alpha value is -2.34. The third-order valence-corrected chi connectivity index (χ3v) is 7.29. The fourth-order valence-corrected chi connectivity index (χ4v) is 4.97. The van der Waals surface area contributed by atoms with E-state index in [9.17, 15) is 27.9 Å². The zero-order chi connectivity index (χ0) is 23.6. The highest BCUT2D eigenvalue weighted by Gasteiger charge is 2.35. The van der Waals surface area contributed by atoms with Gasteiger partial charge in [-0.2, -0.15) is 4.31 Å². The van der Waals surface area contributed by atoms with Crippen LogP contribution in [0.3, 0.4) is 0 Å². The largest absolute Gasteiger partial charge is 0.478 e. The predicted molar refractivity (Wildman–Crippen MR) is 119 cm³/mol. The van der Waals surface area contributed by atoms with Gasteiger partial charge in [0, 0.05) is 55.9 Å². The van der Waals surface area contributed by atoms with E-state index in [2.05, 4.69) is 15.5 Å². The molecule has 10 nitrogen and oxygen atoms in total. The lowest BCUT2D eigenvalue weighted by molar-refractivity contribution is -0.117. The highest BCUT2D eigenvalue weighted by Crippen LogP contribution is 2.22. The average Bonchev–Trinajstić information content (AvgIpc) is 3.23. The van der Waals surface area contributed by atoms with Crippen LogP contribution in [-0.2, 0) is 14.8 Å². The number of hydrogen-bond donors (Lipinski definition) is 3. The Kier molecular flexibility index (Phi) is 7.33. The smallest absolute Gasteiger partial charge is 0.336 e. The molecule has 176 valence electrons. The van der Waals surface area contributed by atoms with Gasteiger partial charge in [-0.1, -0.05) is 13.8 Å². The Balaban J connectivity index is 1.62. The number of carboxylic acids is 1. The Morgan fingerprint density at radius 1 is 1.12 bits per heavy atom. The van der Waals surface area contributed by atoms with Crippen LogP contribution in [0.5, 0.6) is 0 Å². The molecule has 0 saturated carbocycles. The Morgan fingerprint density at radius 3 is 2.34 bits per heavy atom. The van der Waals surface area contributed by atoms with Crippen molar-refractivity contribution in [2.24, 2.45) is 5.92 Å². The summed E-state index contributed by atoms with van der Waals surface area (Å²) >= 11 is 0. The van der Waals surface area contributed by atoms with Gasteiger partial charge in [0.1, 0.15) is 0 Å². The summed E-state index contributed by atoms with van der Waals surface area (Å²) in [6.45, 7) is 6.11. The van der Waals surface area contributed by atoms with E-state index >= 15 is 0 Å². The topological polar surface area (TPSA) is 136 Å². The molecule has 2 atom stereocenters. The van der Waals surface area contributed by atoms with Crippen molar-refractivity contribution < 1.29 is 27.9 Å². The number of carbonyl (C=O) groups is 3. The van der Waals surface area contributed by atoms with Crippen molar-refractivity contribution in [1.29, 1.82) is 0 Å². The van der Waals surface area contributed by atoms with Crippen molar-refractivity contribution in [3.8, 4) is 0 Å². The van der Waals surface area contributed by atoms with Gasteiger partial charge in [-0.3, -0.25) is 14.5 Å². The van der Waals surface area contributed by atoms with Crippen LogP contribution in [-0.4, -0.2) is 91.5 Å². The second-order valence-electron chi connectivity index (χ2n) is 8.62. The Morgan fingerprint density at radius 2 is 1.78 bits per heavy atom. The maximum absolute atomic E-state index is 12.8. The fourth-order valence-electron chi connectivity index (χ4n) is 4.15. The molecule has 2 fully saturated rings. The van der Waals surface area contributed by atoms with E-state index in [1.807, 2.05) is 0 Å². The van der Waals surface area contributed by atoms with Gasteiger partial charge in [0.25, 0.3) is 0 Å². The lowest BCUT2D eigenvalue weighted by Gasteiger charge is -2.36. The van der Waals surface area contributed by atoms with Gasteiger partial charge in [-0.15, -0.1) is 0 Å². The van der Waals surface area contributed by atoms with Crippen molar-refractivity contribution in [2.75, 3.05) is 44.3 Å². The van der Waals surface area contributed by atoms with Gasteiger partial charge in [-0.25, -0.2) is 13.2 Å². The molecule has 0 spiro atoms. The first kappa shape index (κ1) is 24.3. The number of anilines is 1. The second-order valence-corrected chi connectivity index (χ2v) is 10.6. The molecule has 2 saturated heterocycles. The number of hydrogen-bond acceptors (Lipinski definition) is 7. The first-order valence-corrected chi connectivity index (χ1v) is 12.5. The molecule has 3 N–H and O–H groups in total. The molecule has 0 aliphatic carbocycles. The third kappa shape index (κ3) is 5.52. The van der Waals surface area contributed by atoms with Gasteiger partial charge in [-0.05, 0) is 24.6 Å². The molecule has 0 bridgehead atoms. The molecule has 1 amide bonds. The molecule has 2 aliphatic rings. The predicted octanol–water partition coefficient (Wildman–Crippen LogP) is 0.470. The molecular formula is C21H30N4O6S. The SMILES string of the molecule is CC(C)C(=O)c1cc(NC(=O)[C@@H]2C[C@H](N3CCN(S(C)(=O)=O)CC3)CN2)ccc1C(=O)O. The molecular weight excluding hydrogens is 436 g/mol. The van der Waals surface area contributed by atoms with Crippen LogP contribution in [0.15, 0.2) is 18.2 Å². The molecule has 2 heterocycles. The quantitative estimate of drug-likeness (QED) is 0.494. The molecule has 0 unspecified atom stereocenters. The van der Waals surface area contributed by atoms with E-state index < -0.39 is 22.0 Å². The molecule has 3 rings (SSSR count). The summed E-state index contributed by atoms with van der Waals surface area (Å²) in [5.74, 6) is -2.12. The number of carbonyl (C=O) groups excluding carboxylic acids is 2. The summed E-state index contributed by atoms with van der Waals surface area (Å²) in [5.41, 5.74) is 0.358. The van der Waals surface area contributed by atoms with E-state index in [0.29, 0.717) is 44.8 Å². The normalized spacial score (nSPS) is 22.8. The lowest BCUT2D eigenvalue weighted by atomic mass is 9.96. The number of sulfonamides is 1. The minimum absolute atomic E-state index is 0.0753. The number of aromatic carboxylic acids is 1. The van der Waals surface area contributed by atoms with E-state index in [1.165, 1.54) is 28.8 Å². The van der Waals surface area contributed by atoms with Crippen molar-refractivity contribution in [2.45, 2.75) is 32.4 Å². The summed E-state index contributed by atoms with van der Waals surface area (Å²) < 4.78 is 24.8. The number of piperazine rings is 1. The highest BCUT2D eigenvalue weighted by atomic mass is 32.2. The van der Waals surface area contributed by atoms with Crippen molar-refractivity contribution in [3.05, 3.63) is 29.3 Å². The maximum Gasteiger partial charge on any atom is 0.336 e. The second kappa shape index (κ2) is 9.65. The third-order valence-electron chi connectivity index (χ3n) is 5.99. The minimum Gasteiger partial charge on any atom is -0.478 e. The molecule has 2 aliphatic heterocycles. The zero-order valence-corrected chi connectivity index (χ0v) is 19.3. The zero-order valence-electron chi connectivity index (χ0n) is 18.5. The molecule has 32 heavy (non-hydrogen) atoms. The van der Waals surface area contributed by atoms with Crippen LogP contribution >= 0.6 is 0 Å². The van der Waals surface area contributed by atoms with E-state index in [0.717, 1.165) is 0 Å². The number of Topliss-reactive ketones (excluding diaryl/α,β-unsaturated/α-hetero) is 1. The first-order valence-electron chi connectivity index (χ1n) is 10.6. The first-order chi connectivity index (χ1) is 15.0. The molecule has 11 heteroatoms. The van der Waals surface area contributed by atoms with Crippen LogP contribution in [0.1, 0.15) is 41.0 Å². The number of carboxylic acid groups (broad SMARTS) is 1. The van der Waals surface area contributed by atoms with Gasteiger partial charge in [0.15, 0.2) is 5.78 Å². The van der Waals surface area contributed by atoms with Crippen molar-refractivity contribution >= 4 is 33.4 Å². The number of rotatable bonds is 7. The molecule has 1 aromatic carbocycles. The van der Waals surface area contributed by atoms with Crippen LogP contribution < -0.4 is 10.6 Å². The average molecular weight is 467 g/mol. The summed E-state index contributed by atoms with van der Waals surface area (Å²) in [5, 5.41) is 15.4. The standard InChI is InChI=1S/C21H30N4O6S/c1-13(2)19(26)17-10-14(4-5-16(17)21(28)29)23-20(27)18-11-15(12-22-18)24-6-8-25(9-7-24)32(3,30)31/h4-5,10,13,15,18,22H,6-9,11-12H2,1-3H3,(H,23,27)(H,28,29)/t15-,18-/m0/s1. The van der Waals surface area contributed by atoms with Crippen LogP contribution in [0.4, 0.5) is 5.69 Å². The van der Waals surface area contributed by atoms with Gasteiger partial charge in [0.2, 0.25) is 15.9 Å². The number of nitrogens with one attached hydrogen (secondary N) is 2. The molecule has 0 radical (unpaired) electrons. The van der Waals surface area contributed by atoms with Crippen molar-refractivity contribution in [1.82, 2.24) is 14.5 Å². The molecule has 0 aromatic heterocycles. The van der Waals surface area contributed by atoms with Gasteiger partial charge < -0.3 is 15.7 Å². The Bertz CT molecular complexity index is 1000. The molecule has 1 aromatic rings. The number of nitrogens with zero attached hydrogens (tertiary/aromatic N) is 2. The lowest BCUT2D eigenvalue weighted by Crippen LogP contribution is -2.52. The van der Waals surface area contributed by atoms with Crippen LogP contribution in [0, 0.1) is 5.92 Å². The highest BCUT2D eigenvalue weighted by molar-refractivity contribution is 7.88. The summed E-state index contributed by atoms with van der Waals surface area (Å²) in [4.78, 5) is 38.9. The van der Waals surface area contributed by atoms with E-state index in [-0.39, 0.29) is 34.8 Å². The van der Waals surface area contributed by atoms with Crippen molar-refractivity contribution in [3.63, 3.8) is 0 Å². The monoisotopic (exact) mass is 466 g/mol. The minimum atomic E-state index is -3.19. The number of ketones is 1. The Labute approximate surface area is 188 Å². The number of benzene rings is 1. The maximum atomic E-state index is 12.8. The summed E-state index contributed by atoms with van der Waals surface area (Å²) in [6.07, 6.45) is 1.79. The van der Waals surface area contributed by atoms with E-state index in [1.54, 1.807) is 13.8 Å². The van der Waals surface area contributed by atoms with Crippen LogP contribution in [0.2, 0.25) is 0 Å².